The monoisotopic (exact) mass is 323 g/mol. The second-order valence-corrected chi connectivity index (χ2v) is 6.30. The third kappa shape index (κ3) is 2.82. The second kappa shape index (κ2) is 5.59. The van der Waals surface area contributed by atoms with Gasteiger partial charge in [-0.25, -0.2) is 10.4 Å². The molecule has 0 radical (unpaired) electrons. The van der Waals surface area contributed by atoms with Crippen LogP contribution in [0.3, 0.4) is 0 Å². The first kappa shape index (κ1) is 13.1. The van der Waals surface area contributed by atoms with Crippen molar-refractivity contribution in [1.29, 1.82) is 0 Å². The van der Waals surface area contributed by atoms with E-state index in [0.29, 0.717) is 12.0 Å². The molecule has 102 valence electrons. The van der Waals surface area contributed by atoms with Crippen LogP contribution in [0.4, 0.5) is 0 Å². The summed E-state index contributed by atoms with van der Waals surface area (Å²) in [4.78, 5) is 16.0. The van der Waals surface area contributed by atoms with E-state index in [9.17, 15) is 4.79 Å². The van der Waals surface area contributed by atoms with E-state index in [4.69, 9.17) is 0 Å². The van der Waals surface area contributed by atoms with E-state index in [1.165, 1.54) is 18.4 Å². The summed E-state index contributed by atoms with van der Waals surface area (Å²) in [5.74, 6) is 0.844. The number of nitrogens with zero attached hydrogens (tertiary/aromatic N) is 1. The molecule has 2 N–H and O–H groups in total. The molecule has 0 aromatic carbocycles. The number of hydrazine groups is 1. The van der Waals surface area contributed by atoms with Crippen LogP contribution < -0.4 is 10.9 Å². The van der Waals surface area contributed by atoms with Crippen LogP contribution in [0.2, 0.25) is 0 Å². The average molecular weight is 324 g/mol. The Morgan fingerprint density at radius 1 is 1.37 bits per heavy atom. The van der Waals surface area contributed by atoms with Crippen LogP contribution in [-0.2, 0) is 11.2 Å². The van der Waals surface area contributed by atoms with E-state index in [-0.39, 0.29) is 11.8 Å². The number of carbonyl (C=O) groups excluding carboxylic acids is 1. The normalized spacial score (nSPS) is 30.6. The molecule has 5 heteroatoms. The lowest BCUT2D eigenvalue weighted by atomic mass is 9.72. The molecule has 2 aliphatic rings. The maximum Gasteiger partial charge on any atom is 0.237 e. The second-order valence-electron chi connectivity index (χ2n) is 5.49. The largest absolute Gasteiger partial charge is 0.291 e. The van der Waals surface area contributed by atoms with Crippen LogP contribution in [0.1, 0.15) is 31.2 Å². The van der Waals surface area contributed by atoms with E-state index >= 15 is 0 Å². The number of aromatic nitrogens is 1. The molecule has 1 saturated carbocycles. The van der Waals surface area contributed by atoms with Crippen molar-refractivity contribution >= 4 is 21.8 Å². The van der Waals surface area contributed by atoms with E-state index in [0.717, 1.165) is 23.9 Å². The fourth-order valence-corrected chi connectivity index (χ4v) is 3.77. The number of amides is 1. The van der Waals surface area contributed by atoms with Crippen molar-refractivity contribution in [3.8, 4) is 0 Å². The van der Waals surface area contributed by atoms with Gasteiger partial charge in [0.1, 0.15) is 4.60 Å². The molecule has 1 aromatic heterocycles. The topological polar surface area (TPSA) is 54.0 Å². The Hall–Kier alpha value is -0.940. The summed E-state index contributed by atoms with van der Waals surface area (Å²) in [5.41, 5.74) is 7.30. The number of hydrogen-bond donors (Lipinski definition) is 2. The summed E-state index contributed by atoms with van der Waals surface area (Å²) in [6.45, 7) is 0. The van der Waals surface area contributed by atoms with Gasteiger partial charge in [-0.15, -0.1) is 0 Å². The molecule has 3 unspecified atom stereocenters. The van der Waals surface area contributed by atoms with Crippen molar-refractivity contribution in [2.75, 3.05) is 0 Å². The fourth-order valence-electron chi connectivity index (χ4n) is 3.36. The van der Waals surface area contributed by atoms with Crippen molar-refractivity contribution < 1.29 is 4.79 Å². The van der Waals surface area contributed by atoms with E-state index < -0.39 is 0 Å². The summed E-state index contributed by atoms with van der Waals surface area (Å²) >= 11 is 3.40. The first-order chi connectivity index (χ1) is 9.24. The fraction of sp³-hybridized carbons (Fsp3) is 0.571. The molecule has 1 aromatic rings. The van der Waals surface area contributed by atoms with Crippen LogP contribution in [0, 0.1) is 11.8 Å². The van der Waals surface area contributed by atoms with Gasteiger partial charge < -0.3 is 0 Å². The molecule has 1 saturated heterocycles. The van der Waals surface area contributed by atoms with Crippen LogP contribution in [0.15, 0.2) is 22.9 Å². The molecular formula is C14H18BrN3O. The standard InChI is InChI=1S/C14H18BrN3O/c15-13-8-9(5-6-16-13)7-12-10-3-1-2-4-11(10)14(19)18-17-12/h5-6,8,10-12,17H,1-4,7H2,(H,18,19). The molecule has 1 aliphatic heterocycles. The maximum absolute atomic E-state index is 11.9. The highest BCUT2D eigenvalue weighted by Gasteiger charge is 2.39. The molecule has 0 bridgehead atoms. The summed E-state index contributed by atoms with van der Waals surface area (Å²) < 4.78 is 0.866. The smallest absolute Gasteiger partial charge is 0.237 e. The summed E-state index contributed by atoms with van der Waals surface area (Å²) in [6.07, 6.45) is 7.37. The Morgan fingerprint density at radius 2 is 2.21 bits per heavy atom. The lowest BCUT2D eigenvalue weighted by Gasteiger charge is -2.41. The molecule has 1 amide bonds. The minimum Gasteiger partial charge on any atom is -0.291 e. The van der Waals surface area contributed by atoms with Gasteiger partial charge in [0.05, 0.1) is 0 Å². The van der Waals surface area contributed by atoms with Crippen molar-refractivity contribution in [3.05, 3.63) is 28.5 Å². The summed E-state index contributed by atoms with van der Waals surface area (Å²) in [7, 11) is 0. The predicted molar refractivity (Wildman–Crippen MR) is 76.2 cm³/mol. The molecule has 3 atom stereocenters. The summed E-state index contributed by atoms with van der Waals surface area (Å²) in [6, 6.07) is 4.42. The van der Waals surface area contributed by atoms with Crippen LogP contribution in [0.5, 0.6) is 0 Å². The third-order valence-electron chi connectivity index (χ3n) is 4.30. The Labute approximate surface area is 121 Å². The van der Waals surface area contributed by atoms with Crippen LogP contribution >= 0.6 is 15.9 Å². The lowest BCUT2D eigenvalue weighted by Crippen LogP contribution is -2.60. The molecule has 0 spiro atoms. The number of carbonyl (C=O) groups is 1. The number of halogens is 1. The highest BCUT2D eigenvalue weighted by atomic mass is 79.9. The van der Waals surface area contributed by atoms with Gasteiger partial charge >= 0.3 is 0 Å². The first-order valence-electron chi connectivity index (χ1n) is 6.90. The van der Waals surface area contributed by atoms with Gasteiger partial charge in [-0.1, -0.05) is 12.8 Å². The molecule has 19 heavy (non-hydrogen) atoms. The van der Waals surface area contributed by atoms with E-state index in [2.05, 4.69) is 37.8 Å². The Kier molecular flexibility index (Phi) is 3.84. The van der Waals surface area contributed by atoms with Gasteiger partial charge in [0, 0.05) is 18.2 Å². The summed E-state index contributed by atoms with van der Waals surface area (Å²) in [5, 5.41) is 0. The number of nitrogens with one attached hydrogen (secondary N) is 2. The Balaban J connectivity index is 1.75. The molecular weight excluding hydrogens is 306 g/mol. The van der Waals surface area contributed by atoms with Crippen molar-refractivity contribution in [2.45, 2.75) is 38.1 Å². The van der Waals surface area contributed by atoms with Crippen LogP contribution in [0.25, 0.3) is 0 Å². The molecule has 4 nitrogen and oxygen atoms in total. The molecule has 1 aliphatic carbocycles. The zero-order valence-electron chi connectivity index (χ0n) is 10.7. The van der Waals surface area contributed by atoms with Crippen molar-refractivity contribution in [2.24, 2.45) is 11.8 Å². The maximum atomic E-state index is 11.9. The number of pyridine rings is 1. The third-order valence-corrected chi connectivity index (χ3v) is 4.73. The van der Waals surface area contributed by atoms with Gasteiger partial charge in [-0.3, -0.25) is 10.2 Å². The quantitative estimate of drug-likeness (QED) is 0.820. The van der Waals surface area contributed by atoms with E-state index in [1.54, 1.807) is 0 Å². The van der Waals surface area contributed by atoms with Crippen molar-refractivity contribution in [3.63, 3.8) is 0 Å². The van der Waals surface area contributed by atoms with Crippen molar-refractivity contribution in [1.82, 2.24) is 15.8 Å². The highest BCUT2D eigenvalue weighted by molar-refractivity contribution is 9.10. The van der Waals surface area contributed by atoms with Gasteiger partial charge in [-0.05, 0) is 58.8 Å². The van der Waals surface area contributed by atoms with Gasteiger partial charge in [-0.2, -0.15) is 0 Å². The average Bonchev–Trinajstić information content (AvgIpc) is 2.42. The predicted octanol–water partition coefficient (Wildman–Crippen LogP) is 2.20. The first-order valence-corrected chi connectivity index (χ1v) is 7.69. The van der Waals surface area contributed by atoms with E-state index in [1.807, 2.05) is 12.3 Å². The number of fused-ring (bicyclic) bond motifs is 1. The van der Waals surface area contributed by atoms with Gasteiger partial charge in [0.2, 0.25) is 5.91 Å². The Bertz CT molecular complexity index is 480. The number of hydrogen-bond acceptors (Lipinski definition) is 3. The molecule has 2 fully saturated rings. The highest BCUT2D eigenvalue weighted by Crippen LogP contribution is 2.35. The minimum absolute atomic E-state index is 0.178. The zero-order valence-corrected chi connectivity index (χ0v) is 12.3. The lowest BCUT2D eigenvalue weighted by molar-refractivity contribution is -0.133. The van der Waals surface area contributed by atoms with Crippen LogP contribution in [-0.4, -0.2) is 16.9 Å². The molecule has 3 rings (SSSR count). The zero-order chi connectivity index (χ0) is 13.2. The van der Waals surface area contributed by atoms with Gasteiger partial charge in [0.15, 0.2) is 0 Å². The van der Waals surface area contributed by atoms with Gasteiger partial charge in [0.25, 0.3) is 0 Å². The SMILES string of the molecule is O=C1NNC(Cc2ccnc(Br)c2)C2CCCCC12. The molecule has 2 heterocycles. The minimum atomic E-state index is 0.178. The Morgan fingerprint density at radius 3 is 3.05 bits per heavy atom. The number of rotatable bonds is 2.